The Hall–Kier alpha value is -3.27. The van der Waals surface area contributed by atoms with Crippen LogP contribution in [-0.4, -0.2) is 23.1 Å². The second-order valence-electron chi connectivity index (χ2n) is 5.36. The summed E-state index contributed by atoms with van der Waals surface area (Å²) in [6, 6.07) is 12.3. The Morgan fingerprint density at radius 3 is 2.58 bits per heavy atom. The number of hydrogen-bond acceptors (Lipinski definition) is 5. The number of benzene rings is 2. The summed E-state index contributed by atoms with van der Waals surface area (Å²) in [4.78, 5) is 9.19. The molecule has 3 aromatic rings. The quantitative estimate of drug-likeness (QED) is 0.526. The predicted octanol–water partition coefficient (Wildman–Crippen LogP) is 2.78. The lowest BCUT2D eigenvalue weighted by molar-refractivity contribution is -0.390. The third kappa shape index (κ3) is 3.70. The van der Waals surface area contributed by atoms with Gasteiger partial charge in [-0.1, -0.05) is 36.4 Å². The van der Waals surface area contributed by atoms with Gasteiger partial charge in [-0.3, -0.25) is 19.5 Å². The summed E-state index contributed by atoms with van der Waals surface area (Å²) in [5, 5.41) is 15.1. The lowest BCUT2D eigenvalue weighted by Crippen LogP contribution is -2.15. The molecule has 0 aliphatic carbocycles. The van der Waals surface area contributed by atoms with Crippen molar-refractivity contribution in [2.75, 3.05) is 4.72 Å². The number of sulfonamides is 1. The molecule has 1 aromatic heterocycles. The first-order valence-corrected chi connectivity index (χ1v) is 8.87. The van der Waals surface area contributed by atoms with Crippen molar-refractivity contribution >= 4 is 21.4 Å². The Kier molecular flexibility index (Phi) is 4.67. The molecule has 3 rings (SSSR count). The molecule has 0 amide bonds. The van der Waals surface area contributed by atoms with E-state index >= 15 is 0 Å². The van der Waals surface area contributed by atoms with Crippen molar-refractivity contribution in [2.45, 2.75) is 11.4 Å². The van der Waals surface area contributed by atoms with Gasteiger partial charge in [0, 0.05) is 6.20 Å². The molecular weight excluding hydrogens is 363 g/mol. The van der Waals surface area contributed by atoms with Crippen molar-refractivity contribution in [3.05, 3.63) is 82.4 Å². The maximum Gasteiger partial charge on any atom is 0.325 e. The van der Waals surface area contributed by atoms with Gasteiger partial charge in [-0.15, -0.1) is 0 Å². The molecule has 0 spiro atoms. The zero-order chi connectivity index (χ0) is 18.7. The van der Waals surface area contributed by atoms with Crippen LogP contribution in [0.25, 0.3) is 0 Å². The summed E-state index contributed by atoms with van der Waals surface area (Å²) in [6.07, 6.45) is 2.71. The van der Waals surface area contributed by atoms with Gasteiger partial charge in [0.15, 0.2) is 4.90 Å². The summed E-state index contributed by atoms with van der Waals surface area (Å²) in [5.41, 5.74) is -0.0260. The van der Waals surface area contributed by atoms with Crippen molar-refractivity contribution in [2.24, 2.45) is 0 Å². The first kappa shape index (κ1) is 17.5. The molecular formula is C16H13FN4O4S. The van der Waals surface area contributed by atoms with Crippen molar-refractivity contribution in [3.63, 3.8) is 0 Å². The smallest absolute Gasteiger partial charge is 0.276 e. The normalized spacial score (nSPS) is 11.3. The summed E-state index contributed by atoms with van der Waals surface area (Å²) in [6.45, 7) is 0.419. The Labute approximate surface area is 148 Å². The molecule has 0 aliphatic rings. The van der Waals surface area contributed by atoms with Crippen LogP contribution in [0.5, 0.6) is 0 Å². The van der Waals surface area contributed by atoms with Crippen LogP contribution >= 0.6 is 0 Å². The standard InChI is InChI=1S/C16H13FN4O4S/c17-14-7-4-8-15(16(14)21(22)23)26(24,25)19-13-9-18-20(11-13)10-12-5-2-1-3-6-12/h1-9,11,19H,10H2. The molecule has 134 valence electrons. The average molecular weight is 376 g/mol. The van der Waals surface area contributed by atoms with Gasteiger partial charge in [0.05, 0.1) is 23.4 Å². The van der Waals surface area contributed by atoms with E-state index in [0.717, 1.165) is 23.8 Å². The van der Waals surface area contributed by atoms with Crippen LogP contribution in [0.2, 0.25) is 0 Å². The summed E-state index contributed by atoms with van der Waals surface area (Å²) in [7, 11) is -4.36. The highest BCUT2D eigenvalue weighted by atomic mass is 32.2. The van der Waals surface area contributed by atoms with Crippen LogP contribution in [-0.2, 0) is 16.6 Å². The van der Waals surface area contributed by atoms with Crippen LogP contribution in [0.4, 0.5) is 15.8 Å². The van der Waals surface area contributed by atoms with Crippen LogP contribution in [0, 0.1) is 15.9 Å². The van der Waals surface area contributed by atoms with E-state index in [-0.39, 0.29) is 5.69 Å². The number of aromatic nitrogens is 2. The van der Waals surface area contributed by atoms with Crippen molar-refractivity contribution < 1.29 is 17.7 Å². The van der Waals surface area contributed by atoms with Crippen molar-refractivity contribution in [3.8, 4) is 0 Å². The molecule has 0 fully saturated rings. The molecule has 1 heterocycles. The maximum atomic E-state index is 13.7. The van der Waals surface area contributed by atoms with Crippen molar-refractivity contribution in [1.29, 1.82) is 0 Å². The number of anilines is 1. The van der Waals surface area contributed by atoms with Gasteiger partial charge >= 0.3 is 5.69 Å². The van der Waals surface area contributed by atoms with Gasteiger partial charge in [0.1, 0.15) is 0 Å². The Bertz CT molecular complexity index is 1050. The van der Waals surface area contributed by atoms with Gasteiger partial charge < -0.3 is 0 Å². The van der Waals surface area contributed by atoms with E-state index in [2.05, 4.69) is 9.82 Å². The number of halogens is 1. The summed E-state index contributed by atoms with van der Waals surface area (Å²) < 4.78 is 42.2. The first-order valence-electron chi connectivity index (χ1n) is 7.39. The molecule has 1 N–H and O–H groups in total. The minimum Gasteiger partial charge on any atom is -0.276 e. The highest BCUT2D eigenvalue weighted by molar-refractivity contribution is 7.92. The zero-order valence-corrected chi connectivity index (χ0v) is 14.1. The number of nitro groups is 1. The van der Waals surface area contributed by atoms with Crippen LogP contribution in [0.3, 0.4) is 0 Å². The maximum absolute atomic E-state index is 13.7. The monoisotopic (exact) mass is 376 g/mol. The molecule has 10 heteroatoms. The number of nitrogens with zero attached hydrogens (tertiary/aromatic N) is 3. The lowest BCUT2D eigenvalue weighted by atomic mass is 10.2. The van der Waals surface area contributed by atoms with E-state index in [1.54, 1.807) is 0 Å². The minimum absolute atomic E-state index is 0.111. The van der Waals surface area contributed by atoms with E-state index in [9.17, 15) is 22.9 Å². The van der Waals surface area contributed by atoms with E-state index < -0.39 is 31.3 Å². The average Bonchev–Trinajstić information content (AvgIpc) is 3.01. The van der Waals surface area contributed by atoms with Crippen LogP contribution in [0.1, 0.15) is 5.56 Å². The fraction of sp³-hybridized carbons (Fsp3) is 0.0625. The number of hydrogen-bond donors (Lipinski definition) is 1. The Morgan fingerprint density at radius 2 is 1.88 bits per heavy atom. The second-order valence-corrected chi connectivity index (χ2v) is 7.01. The van der Waals surface area contributed by atoms with Gasteiger partial charge in [-0.25, -0.2) is 8.42 Å². The number of para-hydroxylation sites is 1. The van der Waals surface area contributed by atoms with Crippen LogP contribution < -0.4 is 4.72 Å². The molecule has 0 radical (unpaired) electrons. The number of nitrogens with one attached hydrogen (secondary N) is 1. The predicted molar refractivity (Wildman–Crippen MR) is 91.6 cm³/mol. The van der Waals surface area contributed by atoms with Gasteiger partial charge in [0.2, 0.25) is 5.82 Å². The lowest BCUT2D eigenvalue weighted by Gasteiger charge is -2.07. The van der Waals surface area contributed by atoms with Crippen LogP contribution in [0.15, 0.2) is 65.8 Å². The topological polar surface area (TPSA) is 107 Å². The fourth-order valence-electron chi connectivity index (χ4n) is 2.37. The Balaban J connectivity index is 1.85. The first-order chi connectivity index (χ1) is 12.4. The second kappa shape index (κ2) is 6.92. The summed E-state index contributed by atoms with van der Waals surface area (Å²) in [5.74, 6) is -1.22. The minimum atomic E-state index is -4.36. The number of rotatable bonds is 6. The highest BCUT2D eigenvalue weighted by Crippen LogP contribution is 2.28. The third-order valence-electron chi connectivity index (χ3n) is 3.49. The van der Waals surface area contributed by atoms with E-state index in [1.165, 1.54) is 17.1 Å². The number of nitro benzene ring substituents is 1. The molecule has 0 atom stereocenters. The zero-order valence-electron chi connectivity index (χ0n) is 13.2. The molecule has 0 unspecified atom stereocenters. The highest BCUT2D eigenvalue weighted by Gasteiger charge is 2.29. The molecule has 0 bridgehead atoms. The van der Waals surface area contributed by atoms with Gasteiger partial charge in [-0.05, 0) is 17.7 Å². The van der Waals surface area contributed by atoms with Gasteiger partial charge in [0.25, 0.3) is 10.0 Å². The molecule has 0 saturated heterocycles. The molecule has 26 heavy (non-hydrogen) atoms. The van der Waals surface area contributed by atoms with E-state index in [4.69, 9.17) is 0 Å². The largest absolute Gasteiger partial charge is 0.325 e. The molecule has 0 saturated carbocycles. The van der Waals surface area contributed by atoms with Gasteiger partial charge in [-0.2, -0.15) is 9.49 Å². The fourth-order valence-corrected chi connectivity index (χ4v) is 3.58. The SMILES string of the molecule is O=[N+]([O-])c1c(F)cccc1S(=O)(=O)Nc1cnn(Cc2ccccc2)c1. The van der Waals surface area contributed by atoms with Crippen molar-refractivity contribution in [1.82, 2.24) is 9.78 Å². The third-order valence-corrected chi connectivity index (χ3v) is 4.91. The van der Waals surface area contributed by atoms with E-state index in [0.29, 0.717) is 6.54 Å². The van der Waals surface area contributed by atoms with E-state index in [1.807, 2.05) is 30.3 Å². The molecule has 0 aliphatic heterocycles. The Morgan fingerprint density at radius 1 is 1.15 bits per heavy atom. The molecule has 8 nitrogen and oxygen atoms in total. The molecule has 2 aromatic carbocycles. The summed E-state index contributed by atoms with van der Waals surface area (Å²) >= 11 is 0.